The molecule has 0 aliphatic heterocycles. The van der Waals surface area contributed by atoms with Crippen molar-refractivity contribution in [2.24, 2.45) is 5.92 Å². The summed E-state index contributed by atoms with van der Waals surface area (Å²) in [5.74, 6) is -0.560. The van der Waals surface area contributed by atoms with E-state index in [4.69, 9.17) is 9.84 Å². The molecule has 5 rings (SSSR count). The number of carboxylic acids is 1. The van der Waals surface area contributed by atoms with E-state index in [2.05, 4.69) is 20.2 Å². The Hall–Kier alpha value is -4.02. The Labute approximate surface area is 187 Å². The molecular formula is C22H21FN6O4. The van der Waals surface area contributed by atoms with Gasteiger partial charge in [0.2, 0.25) is 5.88 Å². The minimum Gasteiger partial charge on any atom is -0.492 e. The minimum atomic E-state index is -1.11. The molecule has 0 amide bonds. The molecule has 0 bridgehead atoms. The lowest BCUT2D eigenvalue weighted by Gasteiger charge is -2.29. The molecule has 1 fully saturated rings. The van der Waals surface area contributed by atoms with E-state index in [-0.39, 0.29) is 29.3 Å². The van der Waals surface area contributed by atoms with E-state index in [9.17, 15) is 14.3 Å². The summed E-state index contributed by atoms with van der Waals surface area (Å²) in [7, 11) is 0. The first kappa shape index (κ1) is 20.9. The van der Waals surface area contributed by atoms with Crippen molar-refractivity contribution in [2.75, 3.05) is 0 Å². The fourth-order valence-electron chi connectivity index (χ4n) is 4.13. The van der Waals surface area contributed by atoms with Crippen LogP contribution in [0.1, 0.15) is 36.0 Å². The zero-order chi connectivity index (χ0) is 22.9. The Morgan fingerprint density at radius 3 is 2.55 bits per heavy atom. The predicted molar refractivity (Wildman–Crippen MR) is 114 cm³/mol. The lowest BCUT2D eigenvalue weighted by Crippen LogP contribution is -2.26. The van der Waals surface area contributed by atoms with E-state index >= 15 is 0 Å². The Kier molecular flexibility index (Phi) is 5.37. The second kappa shape index (κ2) is 8.49. The van der Waals surface area contributed by atoms with E-state index in [1.165, 1.54) is 29.2 Å². The Balaban J connectivity index is 1.26. The fraction of sp³-hybridized carbons (Fsp3) is 0.318. The number of aromatic carboxylic acids is 1. The number of aromatic hydroxyl groups is 1. The second-order valence-corrected chi connectivity index (χ2v) is 8.10. The summed E-state index contributed by atoms with van der Waals surface area (Å²) in [5.41, 5.74) is 0.861. The molecule has 1 saturated carbocycles. The number of ether oxygens (including phenoxy) is 1. The van der Waals surface area contributed by atoms with Gasteiger partial charge in [0.05, 0.1) is 24.1 Å². The number of fused-ring (bicyclic) bond motifs is 1. The standard InChI is InChI=1S/C22H21FN6O4/c23-15-3-7-17(8-4-15)33-16-5-1-13(2-6-16)11-28-19-18(10-25-28)26-22(27-20(19)30)29-12-14(9-24-29)21(31)32/h3-4,7-10,12-13,16H,1-2,5-6,11H2,(H,31,32)(H,26,27,30)/t13-,16-. The van der Waals surface area contributed by atoms with Crippen LogP contribution in [0.2, 0.25) is 0 Å². The molecule has 11 heteroatoms. The van der Waals surface area contributed by atoms with Crippen LogP contribution in [0.4, 0.5) is 4.39 Å². The molecule has 0 spiro atoms. The molecule has 0 atom stereocenters. The van der Waals surface area contributed by atoms with Gasteiger partial charge in [-0.2, -0.15) is 15.2 Å². The molecule has 0 radical (unpaired) electrons. The van der Waals surface area contributed by atoms with E-state index in [0.29, 0.717) is 29.2 Å². The van der Waals surface area contributed by atoms with Gasteiger partial charge in [-0.05, 0) is 55.9 Å². The van der Waals surface area contributed by atoms with Gasteiger partial charge in [-0.25, -0.2) is 18.9 Å². The number of hydrogen-bond acceptors (Lipinski definition) is 7. The van der Waals surface area contributed by atoms with Crippen molar-refractivity contribution in [1.29, 1.82) is 0 Å². The largest absolute Gasteiger partial charge is 0.492 e. The van der Waals surface area contributed by atoms with Gasteiger partial charge in [0.25, 0.3) is 5.95 Å². The van der Waals surface area contributed by atoms with Crippen molar-refractivity contribution in [3.63, 3.8) is 0 Å². The minimum absolute atomic E-state index is 0.00658. The maximum absolute atomic E-state index is 13.1. The van der Waals surface area contributed by atoms with Gasteiger partial charge in [-0.3, -0.25) is 4.68 Å². The number of aromatic nitrogens is 6. The first-order valence-electron chi connectivity index (χ1n) is 10.6. The van der Waals surface area contributed by atoms with Gasteiger partial charge in [0, 0.05) is 12.7 Å². The average molecular weight is 452 g/mol. The van der Waals surface area contributed by atoms with E-state index in [0.717, 1.165) is 25.7 Å². The second-order valence-electron chi connectivity index (χ2n) is 8.10. The topological polar surface area (TPSA) is 128 Å². The smallest absolute Gasteiger partial charge is 0.338 e. The lowest BCUT2D eigenvalue weighted by atomic mass is 9.87. The third kappa shape index (κ3) is 4.34. The highest BCUT2D eigenvalue weighted by atomic mass is 19.1. The molecular weight excluding hydrogens is 431 g/mol. The van der Waals surface area contributed by atoms with Crippen LogP contribution >= 0.6 is 0 Å². The SMILES string of the molecule is O=C(O)c1cnn(-c2nc(O)c3c(cnn3C[C@H]3CC[C@H](Oc4ccc(F)cc4)CC3)n2)c1. The maximum atomic E-state index is 13.1. The molecule has 4 aromatic rings. The van der Waals surface area contributed by atoms with Crippen molar-refractivity contribution in [2.45, 2.75) is 38.3 Å². The molecule has 1 aromatic carbocycles. The third-order valence-corrected chi connectivity index (χ3v) is 5.83. The van der Waals surface area contributed by atoms with Crippen molar-refractivity contribution in [1.82, 2.24) is 29.5 Å². The van der Waals surface area contributed by atoms with Crippen LogP contribution in [0, 0.1) is 11.7 Å². The van der Waals surface area contributed by atoms with Crippen LogP contribution in [0.5, 0.6) is 11.6 Å². The number of nitrogens with zero attached hydrogens (tertiary/aromatic N) is 6. The lowest BCUT2D eigenvalue weighted by molar-refractivity contribution is 0.0697. The molecule has 0 unspecified atom stereocenters. The van der Waals surface area contributed by atoms with Crippen LogP contribution in [-0.2, 0) is 6.54 Å². The Bertz CT molecular complexity index is 1290. The number of carboxylic acid groups (broad SMARTS) is 1. The number of hydrogen-bond donors (Lipinski definition) is 2. The molecule has 1 aliphatic carbocycles. The maximum Gasteiger partial charge on any atom is 0.338 e. The fourth-order valence-corrected chi connectivity index (χ4v) is 4.13. The van der Waals surface area contributed by atoms with Gasteiger partial charge in [0.1, 0.15) is 22.6 Å². The summed E-state index contributed by atoms with van der Waals surface area (Å²) < 4.78 is 21.9. The Morgan fingerprint density at radius 1 is 1.09 bits per heavy atom. The third-order valence-electron chi connectivity index (χ3n) is 5.83. The monoisotopic (exact) mass is 452 g/mol. The zero-order valence-corrected chi connectivity index (χ0v) is 17.5. The summed E-state index contributed by atoms with van der Waals surface area (Å²) in [6, 6.07) is 6.06. The van der Waals surface area contributed by atoms with Crippen molar-refractivity contribution in [3.8, 4) is 17.6 Å². The van der Waals surface area contributed by atoms with E-state index < -0.39 is 5.97 Å². The number of halogens is 1. The number of carbonyl (C=O) groups is 1. The number of rotatable bonds is 6. The van der Waals surface area contributed by atoms with E-state index in [1.807, 2.05) is 0 Å². The number of benzene rings is 1. The summed E-state index contributed by atoms with van der Waals surface area (Å²) in [5, 5.41) is 27.9. The highest BCUT2D eigenvalue weighted by molar-refractivity contribution is 5.87. The average Bonchev–Trinajstić information content (AvgIpc) is 3.45. The molecule has 2 N–H and O–H groups in total. The van der Waals surface area contributed by atoms with Crippen LogP contribution in [0.15, 0.2) is 42.9 Å². The summed E-state index contributed by atoms with van der Waals surface area (Å²) in [4.78, 5) is 19.5. The zero-order valence-electron chi connectivity index (χ0n) is 17.5. The molecule has 1 aliphatic rings. The summed E-state index contributed by atoms with van der Waals surface area (Å²) in [6.45, 7) is 0.605. The molecule has 3 aromatic heterocycles. The van der Waals surface area contributed by atoms with Crippen molar-refractivity contribution in [3.05, 3.63) is 54.2 Å². The van der Waals surface area contributed by atoms with Gasteiger partial charge < -0.3 is 14.9 Å². The molecule has 170 valence electrons. The van der Waals surface area contributed by atoms with Crippen LogP contribution in [0.25, 0.3) is 17.0 Å². The highest BCUT2D eigenvalue weighted by Gasteiger charge is 2.24. The van der Waals surface area contributed by atoms with Crippen LogP contribution in [-0.4, -0.2) is 51.8 Å². The first-order valence-corrected chi connectivity index (χ1v) is 10.6. The molecule has 3 heterocycles. The molecule has 33 heavy (non-hydrogen) atoms. The van der Waals surface area contributed by atoms with Crippen LogP contribution < -0.4 is 4.74 Å². The highest BCUT2D eigenvalue weighted by Crippen LogP contribution is 2.30. The van der Waals surface area contributed by atoms with Gasteiger partial charge in [-0.15, -0.1) is 0 Å². The van der Waals surface area contributed by atoms with Crippen molar-refractivity contribution < 1.29 is 24.1 Å². The van der Waals surface area contributed by atoms with Gasteiger partial charge >= 0.3 is 5.97 Å². The first-order chi connectivity index (χ1) is 16.0. The van der Waals surface area contributed by atoms with E-state index in [1.54, 1.807) is 23.0 Å². The van der Waals surface area contributed by atoms with Crippen LogP contribution in [0.3, 0.4) is 0 Å². The normalized spacial score (nSPS) is 18.5. The predicted octanol–water partition coefficient (Wildman–Crippen LogP) is 3.19. The molecule has 0 saturated heterocycles. The Morgan fingerprint density at radius 2 is 1.85 bits per heavy atom. The van der Waals surface area contributed by atoms with Gasteiger partial charge in [-0.1, -0.05) is 0 Å². The van der Waals surface area contributed by atoms with Gasteiger partial charge in [0.15, 0.2) is 0 Å². The summed E-state index contributed by atoms with van der Waals surface area (Å²) >= 11 is 0. The van der Waals surface area contributed by atoms with Crippen molar-refractivity contribution >= 4 is 17.0 Å². The quantitative estimate of drug-likeness (QED) is 0.456. The summed E-state index contributed by atoms with van der Waals surface area (Å²) in [6.07, 6.45) is 7.71. The molecule has 10 nitrogen and oxygen atoms in total.